The van der Waals surface area contributed by atoms with Gasteiger partial charge in [-0.05, 0) is 24.3 Å². The summed E-state index contributed by atoms with van der Waals surface area (Å²) < 4.78 is 20.2. The van der Waals surface area contributed by atoms with Gasteiger partial charge in [-0.3, -0.25) is 10.1 Å². The quantitative estimate of drug-likeness (QED) is 0.444. The number of halogens is 2. The highest BCUT2D eigenvalue weighted by Gasteiger charge is 2.22. The zero-order valence-corrected chi connectivity index (χ0v) is 16.9. The molecule has 0 aliphatic rings. The molecule has 4 rings (SSSR count). The molecule has 0 unspecified atom stereocenters. The lowest BCUT2D eigenvalue weighted by atomic mass is 10.1. The lowest BCUT2D eigenvalue weighted by Gasteiger charge is -2.04. The number of hydrogen-bond acceptors (Lipinski definition) is 6. The van der Waals surface area contributed by atoms with E-state index in [4.69, 9.17) is 16.3 Å². The molecule has 0 fully saturated rings. The van der Waals surface area contributed by atoms with Crippen molar-refractivity contribution in [3.8, 4) is 10.6 Å². The minimum absolute atomic E-state index is 0.133. The van der Waals surface area contributed by atoms with Crippen LogP contribution in [0.15, 0.2) is 42.5 Å². The molecule has 4 aromatic rings. The maximum atomic E-state index is 14.3. The van der Waals surface area contributed by atoms with Crippen molar-refractivity contribution in [1.82, 2.24) is 10.2 Å². The molecule has 0 radical (unpaired) electrons. The Bertz CT molecular complexity index is 1180. The van der Waals surface area contributed by atoms with Crippen molar-refractivity contribution < 1.29 is 13.9 Å². The van der Waals surface area contributed by atoms with E-state index in [1.165, 1.54) is 35.8 Å². The number of anilines is 1. The maximum absolute atomic E-state index is 14.3. The molecule has 142 valence electrons. The van der Waals surface area contributed by atoms with E-state index in [1.807, 2.05) is 12.1 Å². The Labute approximate surface area is 172 Å². The summed E-state index contributed by atoms with van der Waals surface area (Å²) in [6.45, 7) is 0.133. The number of amides is 1. The molecule has 0 aliphatic carbocycles. The van der Waals surface area contributed by atoms with Crippen LogP contribution in [0, 0.1) is 5.82 Å². The molecule has 0 spiro atoms. The normalized spacial score (nSPS) is 11.1. The summed E-state index contributed by atoms with van der Waals surface area (Å²) >= 11 is 8.46. The largest absolute Gasteiger partial charge is 0.380 e. The summed E-state index contributed by atoms with van der Waals surface area (Å²) in [4.78, 5) is 13.2. The van der Waals surface area contributed by atoms with E-state index in [9.17, 15) is 9.18 Å². The highest BCUT2D eigenvalue weighted by atomic mass is 35.5. The van der Waals surface area contributed by atoms with Gasteiger partial charge in [0.05, 0.1) is 11.5 Å². The standard InChI is InChI=1S/C19H13ClFN3O2S2/c1-26-9-12-15-13(21)6-3-7-14(15)27-16(12)17(25)22-19-24-23-18(28-19)10-4-2-5-11(20)8-10/h2-8H,9H2,1H3,(H,22,24,25). The number of carbonyl (C=O) groups excluding carboxylic acids is 1. The minimum atomic E-state index is -0.376. The van der Waals surface area contributed by atoms with Crippen LogP contribution in [0.1, 0.15) is 15.2 Å². The van der Waals surface area contributed by atoms with Gasteiger partial charge >= 0.3 is 0 Å². The van der Waals surface area contributed by atoms with Crippen LogP contribution in [0.4, 0.5) is 9.52 Å². The van der Waals surface area contributed by atoms with Gasteiger partial charge in [0.2, 0.25) is 5.13 Å². The number of nitrogens with one attached hydrogen (secondary N) is 1. The summed E-state index contributed by atoms with van der Waals surface area (Å²) in [5, 5.41) is 12.9. The molecule has 28 heavy (non-hydrogen) atoms. The van der Waals surface area contributed by atoms with Crippen LogP contribution in [-0.4, -0.2) is 23.2 Å². The molecule has 0 saturated carbocycles. The molecule has 2 aromatic carbocycles. The van der Waals surface area contributed by atoms with Crippen LogP contribution in [0.2, 0.25) is 5.02 Å². The van der Waals surface area contributed by atoms with Crippen LogP contribution >= 0.6 is 34.3 Å². The van der Waals surface area contributed by atoms with Crippen LogP contribution < -0.4 is 5.32 Å². The highest BCUT2D eigenvalue weighted by Crippen LogP contribution is 2.35. The number of thiophene rings is 1. The predicted molar refractivity (Wildman–Crippen MR) is 111 cm³/mol. The molecule has 0 saturated heterocycles. The molecule has 2 heterocycles. The van der Waals surface area contributed by atoms with E-state index >= 15 is 0 Å². The van der Waals surface area contributed by atoms with E-state index < -0.39 is 0 Å². The molecule has 5 nitrogen and oxygen atoms in total. The zero-order chi connectivity index (χ0) is 19.7. The van der Waals surface area contributed by atoms with Crippen LogP contribution in [-0.2, 0) is 11.3 Å². The SMILES string of the molecule is COCc1c(C(=O)Nc2nnc(-c3cccc(Cl)c3)s2)sc2cccc(F)c12. The van der Waals surface area contributed by atoms with E-state index in [-0.39, 0.29) is 18.3 Å². The van der Waals surface area contributed by atoms with Gasteiger partial charge in [0.25, 0.3) is 5.91 Å². The molecule has 1 amide bonds. The maximum Gasteiger partial charge on any atom is 0.267 e. The summed E-state index contributed by atoms with van der Waals surface area (Å²) in [5.74, 6) is -0.750. The summed E-state index contributed by atoms with van der Waals surface area (Å²) in [6.07, 6.45) is 0. The number of carbonyl (C=O) groups is 1. The van der Waals surface area contributed by atoms with E-state index in [1.54, 1.807) is 24.3 Å². The molecular weight excluding hydrogens is 421 g/mol. The van der Waals surface area contributed by atoms with E-state index in [0.29, 0.717) is 35.7 Å². The fourth-order valence-electron chi connectivity index (χ4n) is 2.80. The van der Waals surface area contributed by atoms with Gasteiger partial charge in [0, 0.05) is 33.3 Å². The van der Waals surface area contributed by atoms with E-state index in [0.717, 1.165) is 5.56 Å². The van der Waals surface area contributed by atoms with Gasteiger partial charge < -0.3 is 4.74 Å². The van der Waals surface area contributed by atoms with Crippen LogP contribution in [0.3, 0.4) is 0 Å². The van der Waals surface area contributed by atoms with Crippen molar-refractivity contribution in [2.24, 2.45) is 0 Å². The Morgan fingerprint density at radius 1 is 1.21 bits per heavy atom. The first-order chi connectivity index (χ1) is 13.6. The Morgan fingerprint density at radius 3 is 2.82 bits per heavy atom. The number of aromatic nitrogens is 2. The Hall–Kier alpha value is -2.39. The Balaban J connectivity index is 1.64. The van der Waals surface area contributed by atoms with Crippen molar-refractivity contribution in [2.75, 3.05) is 12.4 Å². The van der Waals surface area contributed by atoms with Gasteiger partial charge in [-0.25, -0.2) is 4.39 Å². The number of nitrogens with zero attached hydrogens (tertiary/aromatic N) is 2. The van der Waals surface area contributed by atoms with Gasteiger partial charge in [-0.2, -0.15) is 0 Å². The van der Waals surface area contributed by atoms with Gasteiger partial charge in [0.1, 0.15) is 10.8 Å². The van der Waals surface area contributed by atoms with Crippen molar-refractivity contribution in [1.29, 1.82) is 0 Å². The second kappa shape index (κ2) is 7.92. The number of methoxy groups -OCH3 is 1. The van der Waals surface area contributed by atoms with Gasteiger partial charge in [-0.1, -0.05) is 41.1 Å². The first-order valence-corrected chi connectivity index (χ1v) is 10.2. The summed E-state index contributed by atoms with van der Waals surface area (Å²) in [6, 6.07) is 12.0. The summed E-state index contributed by atoms with van der Waals surface area (Å²) in [7, 11) is 1.51. The smallest absolute Gasteiger partial charge is 0.267 e. The van der Waals surface area contributed by atoms with Gasteiger partial charge in [-0.15, -0.1) is 21.5 Å². The average molecular weight is 434 g/mol. The fourth-order valence-corrected chi connectivity index (χ4v) is 4.84. The number of hydrogen-bond donors (Lipinski definition) is 1. The monoisotopic (exact) mass is 433 g/mol. The first-order valence-electron chi connectivity index (χ1n) is 8.16. The number of rotatable bonds is 5. The average Bonchev–Trinajstić information content (AvgIpc) is 3.28. The molecule has 0 aliphatic heterocycles. The fraction of sp³-hybridized carbons (Fsp3) is 0.105. The Kier molecular flexibility index (Phi) is 5.36. The third-order valence-electron chi connectivity index (χ3n) is 3.98. The van der Waals surface area contributed by atoms with Crippen molar-refractivity contribution in [2.45, 2.75) is 6.61 Å². The number of ether oxygens (including phenoxy) is 1. The molecule has 0 bridgehead atoms. The molecule has 9 heteroatoms. The second-order valence-electron chi connectivity index (χ2n) is 5.83. The van der Waals surface area contributed by atoms with Crippen LogP contribution in [0.5, 0.6) is 0 Å². The minimum Gasteiger partial charge on any atom is -0.380 e. The molecule has 2 aromatic heterocycles. The van der Waals surface area contributed by atoms with Crippen molar-refractivity contribution in [3.63, 3.8) is 0 Å². The topological polar surface area (TPSA) is 64.1 Å². The van der Waals surface area contributed by atoms with Crippen molar-refractivity contribution >= 4 is 55.4 Å². The predicted octanol–water partition coefficient (Wildman–Crippen LogP) is 5.61. The van der Waals surface area contributed by atoms with Crippen LogP contribution in [0.25, 0.3) is 20.7 Å². The van der Waals surface area contributed by atoms with Gasteiger partial charge in [0.15, 0.2) is 0 Å². The summed E-state index contributed by atoms with van der Waals surface area (Å²) in [5.41, 5.74) is 1.34. The second-order valence-corrected chi connectivity index (χ2v) is 8.30. The Morgan fingerprint density at radius 2 is 2.04 bits per heavy atom. The highest BCUT2D eigenvalue weighted by molar-refractivity contribution is 7.21. The number of fused-ring (bicyclic) bond motifs is 1. The lowest BCUT2D eigenvalue weighted by Crippen LogP contribution is -2.12. The first kappa shape index (κ1) is 18.9. The van der Waals surface area contributed by atoms with E-state index in [2.05, 4.69) is 15.5 Å². The zero-order valence-electron chi connectivity index (χ0n) is 14.5. The molecule has 0 atom stereocenters. The molecular formula is C19H13ClFN3O2S2. The molecule has 1 N–H and O–H groups in total. The van der Waals surface area contributed by atoms with Crippen molar-refractivity contribution in [3.05, 3.63) is 63.7 Å². The third-order valence-corrected chi connectivity index (χ3v) is 6.29. The lowest BCUT2D eigenvalue weighted by molar-refractivity contribution is 0.102. The number of benzene rings is 2. The third kappa shape index (κ3) is 3.64.